The smallest absolute Gasteiger partial charge is 0.214 e. The Morgan fingerprint density at radius 1 is 0.500 bits per heavy atom. The molecule has 0 radical (unpaired) electrons. The van der Waals surface area contributed by atoms with Crippen LogP contribution in [0.3, 0.4) is 0 Å². The van der Waals surface area contributed by atoms with Crippen molar-refractivity contribution < 1.29 is 37.1 Å². The molecular formula is C32H24O8S2. The van der Waals surface area contributed by atoms with E-state index in [4.69, 9.17) is 9.47 Å². The van der Waals surface area contributed by atoms with Crippen molar-refractivity contribution in [1.29, 1.82) is 0 Å². The fourth-order valence-corrected chi connectivity index (χ4v) is 6.88. The number of hydrogen-bond donors (Lipinski definition) is 0. The van der Waals surface area contributed by atoms with Crippen LogP contribution in [-0.2, 0) is 9.84 Å². The number of carbonyl (C=O) groups excluding carboxylic acids is 4. The molecule has 0 amide bonds. The quantitative estimate of drug-likeness (QED) is 0.191. The van der Waals surface area contributed by atoms with Crippen molar-refractivity contribution in [1.82, 2.24) is 0 Å². The molecule has 0 N–H and O–H groups in total. The van der Waals surface area contributed by atoms with Crippen LogP contribution >= 0.6 is 11.8 Å². The van der Waals surface area contributed by atoms with Crippen LogP contribution in [0.4, 0.5) is 0 Å². The lowest BCUT2D eigenvalue weighted by atomic mass is 10.1. The Hall–Kier alpha value is -4.54. The van der Waals surface area contributed by atoms with Crippen molar-refractivity contribution in [2.45, 2.75) is 47.3 Å². The van der Waals surface area contributed by atoms with Gasteiger partial charge in [0.15, 0.2) is 23.1 Å². The molecule has 212 valence electrons. The van der Waals surface area contributed by atoms with Crippen LogP contribution in [0.2, 0.25) is 0 Å². The number of carbonyl (C=O) groups is 4. The van der Waals surface area contributed by atoms with Crippen molar-refractivity contribution in [2.24, 2.45) is 0 Å². The lowest BCUT2D eigenvalue weighted by Gasteiger charge is -2.21. The summed E-state index contributed by atoms with van der Waals surface area (Å²) < 4.78 is 36.9. The second-order valence-electron chi connectivity index (χ2n) is 9.68. The number of hydrogen-bond acceptors (Lipinski definition) is 9. The number of Topliss-reactive ketones (excluding diaryl/α,β-unsaturated/α-hetero) is 4. The molecule has 4 aromatic rings. The summed E-state index contributed by atoms with van der Waals surface area (Å²) in [6, 6.07) is 19.4. The summed E-state index contributed by atoms with van der Waals surface area (Å²) in [4.78, 5) is 47.4. The molecule has 2 aliphatic rings. The zero-order valence-electron chi connectivity index (χ0n) is 23.0. The van der Waals surface area contributed by atoms with Crippen LogP contribution in [0.1, 0.15) is 69.1 Å². The van der Waals surface area contributed by atoms with Gasteiger partial charge in [-0.2, -0.15) is 0 Å². The van der Waals surface area contributed by atoms with Crippen molar-refractivity contribution in [3.05, 3.63) is 95.1 Å². The maximum Gasteiger partial charge on any atom is 0.214 e. The maximum absolute atomic E-state index is 12.7. The first-order chi connectivity index (χ1) is 19.8. The number of ketones is 4. The van der Waals surface area contributed by atoms with Gasteiger partial charge in [-0.1, -0.05) is 11.8 Å². The highest BCUT2D eigenvalue weighted by atomic mass is 32.2. The Bertz CT molecular complexity index is 1810. The molecule has 6 rings (SSSR count). The Labute approximate surface area is 246 Å². The van der Waals surface area contributed by atoms with Gasteiger partial charge < -0.3 is 9.47 Å². The van der Waals surface area contributed by atoms with Gasteiger partial charge >= 0.3 is 0 Å². The average Bonchev–Trinajstić information content (AvgIpc) is 2.95. The third-order valence-corrected chi connectivity index (χ3v) is 9.51. The molecule has 0 atom stereocenters. The van der Waals surface area contributed by atoms with Crippen LogP contribution in [0.15, 0.2) is 92.4 Å². The molecule has 0 unspecified atom stereocenters. The fraction of sp³-hybridized carbons (Fsp3) is 0.125. The topological polar surface area (TPSA) is 121 Å². The van der Waals surface area contributed by atoms with Crippen molar-refractivity contribution >= 4 is 44.7 Å². The molecule has 0 fully saturated rings. The van der Waals surface area contributed by atoms with Crippen molar-refractivity contribution in [2.75, 3.05) is 0 Å². The minimum absolute atomic E-state index is 0.0247. The first kappa shape index (κ1) is 29.0. The highest BCUT2D eigenvalue weighted by Gasteiger charge is 2.32. The summed E-state index contributed by atoms with van der Waals surface area (Å²) >= 11 is 1.52. The predicted molar refractivity (Wildman–Crippen MR) is 156 cm³/mol. The summed E-state index contributed by atoms with van der Waals surface area (Å²) in [7, 11) is -3.84. The highest BCUT2D eigenvalue weighted by molar-refractivity contribution is 7.99. The Morgan fingerprint density at radius 3 is 1.17 bits per heavy atom. The van der Waals surface area contributed by atoms with E-state index in [-0.39, 0.29) is 55.5 Å². The van der Waals surface area contributed by atoms with Gasteiger partial charge in [0.25, 0.3) is 0 Å². The molecular weight excluding hydrogens is 576 g/mol. The second-order valence-corrected chi connectivity index (χ2v) is 12.7. The van der Waals surface area contributed by atoms with Gasteiger partial charge in [0.1, 0.15) is 32.8 Å². The SMILES string of the molecule is CC(=O)c1ccc2c(c1)S(=O)(=O)c1cc(C(C)=O)ccc1O2.CC(=O)c1ccc2c(c1)Sc1cc(C(C)=O)ccc1O2. The number of sulfone groups is 1. The molecule has 4 aromatic carbocycles. The van der Waals surface area contributed by atoms with E-state index in [0.717, 1.165) is 21.3 Å². The molecule has 42 heavy (non-hydrogen) atoms. The van der Waals surface area contributed by atoms with Gasteiger partial charge in [0, 0.05) is 22.3 Å². The Morgan fingerprint density at radius 2 is 0.810 bits per heavy atom. The minimum Gasteiger partial charge on any atom is -0.455 e. The van der Waals surface area contributed by atoms with Crippen molar-refractivity contribution in [3.63, 3.8) is 0 Å². The average molecular weight is 601 g/mol. The van der Waals surface area contributed by atoms with Gasteiger partial charge in [-0.05, 0) is 100 Å². The van der Waals surface area contributed by atoms with Gasteiger partial charge in [0.2, 0.25) is 9.84 Å². The number of ether oxygens (including phenoxy) is 2. The molecule has 0 aromatic heterocycles. The normalized spacial score (nSPS) is 13.3. The predicted octanol–water partition coefficient (Wildman–Crippen LogP) is 7.38. The highest BCUT2D eigenvalue weighted by Crippen LogP contribution is 2.47. The Kier molecular flexibility index (Phi) is 7.61. The molecule has 8 nitrogen and oxygen atoms in total. The van der Waals surface area contributed by atoms with E-state index in [9.17, 15) is 27.6 Å². The van der Waals surface area contributed by atoms with Crippen LogP contribution in [-0.4, -0.2) is 31.6 Å². The third-order valence-electron chi connectivity index (χ3n) is 6.64. The molecule has 0 saturated heterocycles. The number of benzene rings is 4. The van der Waals surface area contributed by atoms with E-state index in [2.05, 4.69) is 0 Å². The summed E-state index contributed by atoms with van der Waals surface area (Å²) in [5.41, 5.74) is 1.89. The van der Waals surface area contributed by atoms with E-state index in [1.807, 2.05) is 12.1 Å². The van der Waals surface area contributed by atoms with E-state index >= 15 is 0 Å². The molecule has 0 saturated carbocycles. The van der Waals surface area contributed by atoms with Gasteiger partial charge in [-0.15, -0.1) is 0 Å². The van der Waals surface area contributed by atoms with Crippen LogP contribution in [0.5, 0.6) is 23.0 Å². The maximum atomic E-state index is 12.7. The third kappa shape index (κ3) is 5.50. The first-order valence-corrected chi connectivity index (χ1v) is 15.0. The molecule has 10 heteroatoms. The minimum atomic E-state index is -3.84. The lowest BCUT2D eigenvalue weighted by Crippen LogP contribution is -2.13. The first-order valence-electron chi connectivity index (χ1n) is 12.7. The molecule has 0 bridgehead atoms. The van der Waals surface area contributed by atoms with Gasteiger partial charge in [-0.3, -0.25) is 19.2 Å². The molecule has 0 spiro atoms. The zero-order chi connectivity index (χ0) is 30.3. The van der Waals surface area contributed by atoms with E-state index in [0.29, 0.717) is 11.1 Å². The Balaban J connectivity index is 0.000000169. The van der Waals surface area contributed by atoms with Gasteiger partial charge in [-0.25, -0.2) is 8.42 Å². The number of fused-ring (bicyclic) bond motifs is 4. The van der Waals surface area contributed by atoms with Crippen LogP contribution in [0, 0.1) is 0 Å². The largest absolute Gasteiger partial charge is 0.455 e. The molecule has 0 aliphatic carbocycles. The molecule has 2 heterocycles. The van der Waals surface area contributed by atoms with E-state index in [1.54, 1.807) is 24.3 Å². The number of rotatable bonds is 4. The summed E-state index contributed by atoms with van der Waals surface area (Å²) in [5, 5.41) is 0. The van der Waals surface area contributed by atoms with E-state index in [1.165, 1.54) is 75.9 Å². The second kappa shape index (κ2) is 11.0. The van der Waals surface area contributed by atoms with Crippen LogP contribution in [0.25, 0.3) is 0 Å². The summed E-state index contributed by atoms with van der Waals surface area (Å²) in [6.07, 6.45) is 0. The monoisotopic (exact) mass is 600 g/mol. The lowest BCUT2D eigenvalue weighted by molar-refractivity contribution is 0.100. The van der Waals surface area contributed by atoms with E-state index < -0.39 is 9.84 Å². The van der Waals surface area contributed by atoms with Gasteiger partial charge in [0.05, 0.1) is 9.79 Å². The molecule has 2 aliphatic heterocycles. The fourth-order valence-electron chi connectivity index (χ4n) is 4.30. The zero-order valence-corrected chi connectivity index (χ0v) is 24.6. The van der Waals surface area contributed by atoms with Crippen molar-refractivity contribution in [3.8, 4) is 23.0 Å². The van der Waals surface area contributed by atoms with Crippen LogP contribution < -0.4 is 9.47 Å². The summed E-state index contributed by atoms with van der Waals surface area (Å²) in [5.74, 6) is 1.41. The standard InChI is InChI=1S/C16H12O5S.C16H12O3S/c1-9(17)11-3-5-13-15(7-11)22(19,20)16-8-12(10(2)18)4-6-14(16)21-13;1-9(17)11-3-5-13-15(7-11)20-16-8-12(10(2)18)4-6-14(16)19-13/h3-8H,1-2H3;3-8H,1-2H3. The summed E-state index contributed by atoms with van der Waals surface area (Å²) in [6.45, 7) is 5.80.